The van der Waals surface area contributed by atoms with Crippen molar-refractivity contribution in [3.8, 4) is 0 Å². The third kappa shape index (κ3) is 6.05. The Kier molecular flexibility index (Phi) is 7.73. The third-order valence-electron chi connectivity index (χ3n) is 3.77. The molecule has 0 saturated heterocycles. The number of carbonyl (C=O) groups is 1. The molecule has 0 heterocycles. The van der Waals surface area contributed by atoms with Gasteiger partial charge in [-0.2, -0.15) is 0 Å². The maximum atomic E-state index is 12.2. The molecule has 0 saturated carbocycles. The zero-order valence-corrected chi connectivity index (χ0v) is 14.9. The summed E-state index contributed by atoms with van der Waals surface area (Å²) < 4.78 is 5.02. The second kappa shape index (κ2) is 10.0. The van der Waals surface area contributed by atoms with Crippen LogP contribution in [0.2, 0.25) is 5.02 Å². The number of para-hydroxylation sites is 1. The van der Waals surface area contributed by atoms with E-state index in [2.05, 4.69) is 10.6 Å². The summed E-state index contributed by atoms with van der Waals surface area (Å²) in [5.74, 6) is -0.424. The van der Waals surface area contributed by atoms with Crippen LogP contribution in [0.3, 0.4) is 0 Å². The molecule has 0 bridgehead atoms. The summed E-state index contributed by atoms with van der Waals surface area (Å²) in [6, 6.07) is 14.9. The molecule has 0 radical (unpaired) electrons. The lowest BCUT2D eigenvalue weighted by Crippen LogP contribution is -2.35. The fourth-order valence-electron chi connectivity index (χ4n) is 2.40. The number of benzene rings is 2. The van der Waals surface area contributed by atoms with E-state index in [1.165, 1.54) is 0 Å². The van der Waals surface area contributed by atoms with E-state index in [-0.39, 0.29) is 6.42 Å². The van der Waals surface area contributed by atoms with Gasteiger partial charge in [0.15, 0.2) is 0 Å². The first kappa shape index (κ1) is 19.2. The molecular weight excluding hydrogens is 340 g/mol. The topological polar surface area (TPSA) is 70.6 Å². The van der Waals surface area contributed by atoms with Crippen LogP contribution in [0.15, 0.2) is 48.5 Å². The van der Waals surface area contributed by atoms with E-state index >= 15 is 0 Å². The first-order chi connectivity index (χ1) is 12.1. The van der Waals surface area contributed by atoms with Gasteiger partial charge in [-0.25, -0.2) is 0 Å². The number of methoxy groups -OCH3 is 1. The van der Waals surface area contributed by atoms with Gasteiger partial charge >= 0.3 is 0 Å². The van der Waals surface area contributed by atoms with Crippen molar-refractivity contribution in [2.24, 2.45) is 0 Å². The van der Waals surface area contributed by atoms with Crippen LogP contribution in [0.5, 0.6) is 0 Å². The standard InChI is InChI=1S/C19H23ClN2O3/c1-25-11-10-21-17-9-5-3-7-15(17)13-22-19(24)18(23)12-14-6-2-4-8-16(14)20/h2-9,18,21,23H,10-13H2,1H3,(H,22,24). The van der Waals surface area contributed by atoms with Gasteiger partial charge in [0.2, 0.25) is 5.91 Å². The van der Waals surface area contributed by atoms with Crippen molar-refractivity contribution >= 4 is 23.2 Å². The first-order valence-electron chi connectivity index (χ1n) is 8.11. The van der Waals surface area contributed by atoms with E-state index in [1.54, 1.807) is 19.2 Å². The van der Waals surface area contributed by atoms with E-state index in [0.717, 1.165) is 16.8 Å². The summed E-state index contributed by atoms with van der Waals surface area (Å²) in [6.07, 6.45) is -0.965. The number of anilines is 1. The van der Waals surface area contributed by atoms with Crippen molar-refractivity contribution in [1.82, 2.24) is 5.32 Å². The Balaban J connectivity index is 1.90. The SMILES string of the molecule is COCCNc1ccccc1CNC(=O)C(O)Cc1ccccc1Cl. The van der Waals surface area contributed by atoms with Gasteiger partial charge < -0.3 is 20.5 Å². The van der Waals surface area contributed by atoms with Gasteiger partial charge in [0, 0.05) is 37.3 Å². The number of hydrogen-bond donors (Lipinski definition) is 3. The van der Waals surface area contributed by atoms with Gasteiger partial charge in [-0.15, -0.1) is 0 Å². The highest BCUT2D eigenvalue weighted by Gasteiger charge is 2.17. The number of halogens is 1. The van der Waals surface area contributed by atoms with Crippen molar-refractivity contribution in [3.63, 3.8) is 0 Å². The van der Waals surface area contributed by atoms with Crippen LogP contribution in [-0.2, 0) is 22.5 Å². The second-order valence-corrected chi connectivity index (χ2v) is 6.01. The number of nitrogens with one attached hydrogen (secondary N) is 2. The molecule has 1 unspecified atom stereocenters. The fourth-order valence-corrected chi connectivity index (χ4v) is 2.61. The highest BCUT2D eigenvalue weighted by Crippen LogP contribution is 2.17. The molecule has 6 heteroatoms. The molecule has 0 aliphatic heterocycles. The van der Waals surface area contributed by atoms with Crippen LogP contribution in [0.25, 0.3) is 0 Å². The number of carbonyl (C=O) groups excluding carboxylic acids is 1. The monoisotopic (exact) mass is 362 g/mol. The van der Waals surface area contributed by atoms with Gasteiger partial charge in [-0.1, -0.05) is 48.0 Å². The molecule has 5 nitrogen and oxygen atoms in total. The molecule has 3 N–H and O–H groups in total. The minimum atomic E-state index is -1.14. The number of aliphatic hydroxyl groups is 1. The van der Waals surface area contributed by atoms with Gasteiger partial charge in [-0.05, 0) is 23.3 Å². The third-order valence-corrected chi connectivity index (χ3v) is 4.13. The Bertz CT molecular complexity index is 694. The van der Waals surface area contributed by atoms with Crippen molar-refractivity contribution in [3.05, 3.63) is 64.7 Å². The number of amides is 1. The second-order valence-electron chi connectivity index (χ2n) is 5.61. The van der Waals surface area contributed by atoms with Crippen LogP contribution < -0.4 is 10.6 Å². The summed E-state index contributed by atoms with van der Waals surface area (Å²) in [5, 5.41) is 16.7. The Morgan fingerprint density at radius 1 is 1.16 bits per heavy atom. The predicted molar refractivity (Wildman–Crippen MR) is 99.8 cm³/mol. The number of rotatable bonds is 9. The normalized spacial score (nSPS) is 11.8. The van der Waals surface area contributed by atoms with Crippen LogP contribution in [0.1, 0.15) is 11.1 Å². The first-order valence-corrected chi connectivity index (χ1v) is 8.49. The summed E-state index contributed by atoms with van der Waals surface area (Å²) in [4.78, 5) is 12.2. The van der Waals surface area contributed by atoms with Gasteiger partial charge in [0.1, 0.15) is 6.10 Å². The Hall–Kier alpha value is -2.08. The van der Waals surface area contributed by atoms with Gasteiger partial charge in [0.25, 0.3) is 0 Å². The summed E-state index contributed by atoms with van der Waals surface area (Å²) in [6.45, 7) is 1.60. The molecule has 0 aromatic heterocycles. The molecule has 2 aromatic carbocycles. The molecule has 0 fully saturated rings. The quantitative estimate of drug-likeness (QED) is 0.600. The Morgan fingerprint density at radius 2 is 1.84 bits per heavy atom. The highest BCUT2D eigenvalue weighted by molar-refractivity contribution is 6.31. The average molecular weight is 363 g/mol. The molecule has 134 valence electrons. The van der Waals surface area contributed by atoms with Gasteiger partial charge in [0.05, 0.1) is 6.61 Å². The largest absolute Gasteiger partial charge is 0.383 e. The molecule has 25 heavy (non-hydrogen) atoms. The molecule has 0 aliphatic rings. The predicted octanol–water partition coefficient (Wildman–Crippen LogP) is 2.62. The van der Waals surface area contributed by atoms with Crippen LogP contribution in [0.4, 0.5) is 5.69 Å². The molecule has 1 amide bonds. The zero-order valence-electron chi connectivity index (χ0n) is 14.2. The lowest BCUT2D eigenvalue weighted by atomic mass is 10.1. The minimum Gasteiger partial charge on any atom is -0.383 e. The van der Waals surface area contributed by atoms with Crippen LogP contribution >= 0.6 is 11.6 Å². The molecule has 2 rings (SSSR count). The van der Waals surface area contributed by atoms with Crippen LogP contribution in [-0.4, -0.2) is 37.4 Å². The average Bonchev–Trinajstić information content (AvgIpc) is 2.62. The van der Waals surface area contributed by atoms with Crippen molar-refractivity contribution in [2.45, 2.75) is 19.1 Å². The van der Waals surface area contributed by atoms with E-state index in [1.807, 2.05) is 36.4 Å². The molecule has 1 atom stereocenters. The number of hydrogen-bond acceptors (Lipinski definition) is 4. The van der Waals surface area contributed by atoms with E-state index in [0.29, 0.717) is 24.7 Å². The van der Waals surface area contributed by atoms with Crippen molar-refractivity contribution < 1.29 is 14.6 Å². The zero-order chi connectivity index (χ0) is 18.1. The molecular formula is C19H23ClN2O3. The lowest BCUT2D eigenvalue weighted by Gasteiger charge is -2.15. The maximum Gasteiger partial charge on any atom is 0.249 e. The van der Waals surface area contributed by atoms with E-state index < -0.39 is 12.0 Å². The van der Waals surface area contributed by atoms with Crippen molar-refractivity contribution in [2.75, 3.05) is 25.6 Å². The highest BCUT2D eigenvalue weighted by atomic mass is 35.5. The molecule has 0 aliphatic carbocycles. The van der Waals surface area contributed by atoms with Crippen LogP contribution in [0, 0.1) is 0 Å². The molecule has 2 aromatic rings. The Morgan fingerprint density at radius 3 is 2.56 bits per heavy atom. The Labute approximate surface area is 153 Å². The summed E-state index contributed by atoms with van der Waals surface area (Å²) in [7, 11) is 1.65. The smallest absolute Gasteiger partial charge is 0.249 e. The maximum absolute atomic E-state index is 12.2. The number of aliphatic hydroxyl groups excluding tert-OH is 1. The van der Waals surface area contributed by atoms with Gasteiger partial charge in [-0.3, -0.25) is 4.79 Å². The van der Waals surface area contributed by atoms with E-state index in [9.17, 15) is 9.90 Å². The lowest BCUT2D eigenvalue weighted by molar-refractivity contribution is -0.129. The fraction of sp³-hybridized carbons (Fsp3) is 0.316. The summed E-state index contributed by atoms with van der Waals surface area (Å²) >= 11 is 6.07. The van der Waals surface area contributed by atoms with Crippen molar-refractivity contribution in [1.29, 1.82) is 0 Å². The number of ether oxygens (including phenoxy) is 1. The minimum absolute atomic E-state index is 0.180. The summed E-state index contributed by atoms with van der Waals surface area (Å²) in [5.41, 5.74) is 2.62. The molecule has 0 spiro atoms. The van der Waals surface area contributed by atoms with E-state index in [4.69, 9.17) is 16.3 Å².